The maximum Gasteiger partial charge on any atom is 0.265 e. The first-order valence-electron chi connectivity index (χ1n) is 12.4. The molecule has 0 saturated carbocycles. The minimum atomic E-state index is -0.564. The van der Waals surface area contributed by atoms with Gasteiger partial charge in [0.1, 0.15) is 16.8 Å². The quantitative estimate of drug-likeness (QED) is 0.552. The van der Waals surface area contributed by atoms with Crippen LogP contribution in [-0.4, -0.2) is 71.4 Å². The highest BCUT2D eigenvalue weighted by atomic mass is 16.6. The van der Waals surface area contributed by atoms with Gasteiger partial charge < -0.3 is 25.0 Å². The summed E-state index contributed by atoms with van der Waals surface area (Å²) in [5.41, 5.74) is 2.71. The van der Waals surface area contributed by atoms with Gasteiger partial charge in [-0.2, -0.15) is 0 Å². The molecule has 2 aromatic carbocycles. The number of hydrogen-bond donors (Lipinski definition) is 2. The molecule has 4 heterocycles. The van der Waals surface area contributed by atoms with Crippen LogP contribution in [0.15, 0.2) is 41.0 Å². The first kappa shape index (κ1) is 23.4. The average Bonchev–Trinajstić information content (AvgIpc) is 3.54. The van der Waals surface area contributed by atoms with Crippen molar-refractivity contribution in [3.63, 3.8) is 0 Å². The zero-order valence-electron chi connectivity index (χ0n) is 20.4. The van der Waals surface area contributed by atoms with Gasteiger partial charge in [0.05, 0.1) is 18.4 Å². The van der Waals surface area contributed by atoms with Crippen LogP contribution >= 0.6 is 0 Å². The van der Waals surface area contributed by atoms with E-state index in [0.717, 1.165) is 19.3 Å². The Morgan fingerprint density at radius 2 is 1.89 bits per heavy atom. The van der Waals surface area contributed by atoms with Crippen molar-refractivity contribution in [2.24, 2.45) is 5.41 Å². The fourth-order valence-electron chi connectivity index (χ4n) is 5.32. The molecule has 2 atom stereocenters. The molecule has 3 aliphatic rings. The van der Waals surface area contributed by atoms with Gasteiger partial charge in [-0.05, 0) is 78.3 Å². The molecule has 37 heavy (non-hydrogen) atoms. The fourth-order valence-corrected chi connectivity index (χ4v) is 5.32. The van der Waals surface area contributed by atoms with E-state index in [2.05, 4.69) is 20.9 Å². The van der Waals surface area contributed by atoms with Crippen molar-refractivity contribution >= 4 is 34.4 Å². The van der Waals surface area contributed by atoms with E-state index in [0.29, 0.717) is 59.8 Å². The topological polar surface area (TPSA) is 136 Å². The number of nitrogens with one attached hydrogen (secondary N) is 2. The number of aromatic nitrogens is 2. The van der Waals surface area contributed by atoms with Crippen molar-refractivity contribution in [2.75, 3.05) is 31.6 Å². The van der Waals surface area contributed by atoms with Crippen molar-refractivity contribution in [1.82, 2.24) is 20.5 Å². The number of nitrogens with zero attached hydrogens (tertiary/aromatic N) is 3. The second-order valence-electron chi connectivity index (χ2n) is 10.1. The van der Waals surface area contributed by atoms with Crippen LogP contribution in [0.1, 0.15) is 46.9 Å². The highest BCUT2D eigenvalue weighted by Crippen LogP contribution is 2.42. The number of hydrogen-bond acceptors (Lipinski definition) is 8. The first-order chi connectivity index (χ1) is 17.9. The maximum atomic E-state index is 13.0. The summed E-state index contributed by atoms with van der Waals surface area (Å²) in [6, 6.07) is 10.2. The monoisotopic (exact) mass is 505 g/mol. The van der Waals surface area contributed by atoms with Crippen LogP contribution in [0.3, 0.4) is 0 Å². The van der Waals surface area contributed by atoms with Crippen molar-refractivity contribution in [3.05, 3.63) is 47.5 Å². The molecule has 3 aromatic rings. The van der Waals surface area contributed by atoms with E-state index >= 15 is 0 Å². The summed E-state index contributed by atoms with van der Waals surface area (Å²) in [7, 11) is 0. The van der Waals surface area contributed by atoms with Crippen LogP contribution in [0, 0.1) is 5.41 Å². The van der Waals surface area contributed by atoms with Gasteiger partial charge in [-0.1, -0.05) is 0 Å². The zero-order valence-corrected chi connectivity index (χ0v) is 20.4. The second-order valence-corrected chi connectivity index (χ2v) is 10.1. The predicted octanol–water partition coefficient (Wildman–Crippen LogP) is 2.38. The van der Waals surface area contributed by atoms with Crippen LogP contribution in [0.25, 0.3) is 11.0 Å². The number of benzene rings is 2. The Morgan fingerprint density at radius 3 is 2.73 bits per heavy atom. The van der Waals surface area contributed by atoms with Gasteiger partial charge in [0.2, 0.25) is 0 Å². The van der Waals surface area contributed by atoms with E-state index in [4.69, 9.17) is 14.1 Å². The molecule has 2 fully saturated rings. The largest absolute Gasteiger partial charge is 0.479 e. The Hall–Kier alpha value is -3.99. The van der Waals surface area contributed by atoms with Crippen molar-refractivity contribution in [2.45, 2.75) is 38.4 Å². The number of anilines is 1. The molecule has 2 saturated heterocycles. The summed E-state index contributed by atoms with van der Waals surface area (Å²) < 4.78 is 16.3. The number of piperidine rings is 1. The summed E-state index contributed by atoms with van der Waals surface area (Å²) in [6.45, 7) is 3.99. The van der Waals surface area contributed by atoms with Crippen LogP contribution in [0.2, 0.25) is 0 Å². The van der Waals surface area contributed by atoms with Gasteiger partial charge in [0, 0.05) is 30.8 Å². The Morgan fingerprint density at radius 1 is 1.11 bits per heavy atom. The summed E-state index contributed by atoms with van der Waals surface area (Å²) in [6.07, 6.45) is 1.87. The molecule has 1 aromatic heterocycles. The third-order valence-electron chi connectivity index (χ3n) is 7.56. The summed E-state index contributed by atoms with van der Waals surface area (Å²) in [4.78, 5) is 39.5. The van der Waals surface area contributed by atoms with Crippen LogP contribution < -0.4 is 15.4 Å². The fraction of sp³-hybridized carbons (Fsp3) is 0.423. The van der Waals surface area contributed by atoms with Crippen molar-refractivity contribution in [3.8, 4) is 5.75 Å². The Kier molecular flexibility index (Phi) is 5.79. The maximum absolute atomic E-state index is 13.0. The second kappa shape index (κ2) is 9.15. The van der Waals surface area contributed by atoms with E-state index < -0.39 is 6.10 Å². The Labute approximate surface area is 212 Å². The normalized spacial score (nSPS) is 22.4. The van der Waals surface area contributed by atoms with Gasteiger partial charge in [-0.15, -0.1) is 0 Å². The number of ether oxygens (including phenoxy) is 2. The minimum Gasteiger partial charge on any atom is -0.479 e. The molecule has 11 nitrogen and oxygen atoms in total. The lowest BCUT2D eigenvalue weighted by Crippen LogP contribution is -2.43. The molecule has 0 aliphatic carbocycles. The number of carbonyl (C=O) groups is 3. The summed E-state index contributed by atoms with van der Waals surface area (Å²) >= 11 is 0. The van der Waals surface area contributed by atoms with Crippen LogP contribution in [0.5, 0.6) is 5.75 Å². The SMILES string of the molecule is CC1Oc2ccc(C(=O)NCC3CC4(CCN(C(=O)c5ccc6nonc6c5)CC4)CO3)cc2NC1=O. The standard InChI is InChI=1S/C26H27N5O6/c1-15-23(32)28-21-10-16(3-5-22(21)36-15)24(33)27-13-18-12-26(14-35-18)6-8-31(9-7-26)25(34)17-2-4-19-20(11-17)30-37-29-19/h2-5,10-11,15,18H,6-9,12-14H2,1H3,(H,27,33)(H,28,32). The highest BCUT2D eigenvalue weighted by Gasteiger charge is 2.43. The van der Waals surface area contributed by atoms with E-state index in [1.807, 2.05) is 4.90 Å². The van der Waals surface area contributed by atoms with E-state index in [1.54, 1.807) is 43.3 Å². The molecule has 0 radical (unpaired) electrons. The van der Waals surface area contributed by atoms with Gasteiger partial charge in [-0.3, -0.25) is 14.4 Å². The lowest BCUT2D eigenvalue weighted by Gasteiger charge is -2.38. The van der Waals surface area contributed by atoms with Crippen molar-refractivity contribution in [1.29, 1.82) is 0 Å². The van der Waals surface area contributed by atoms with Gasteiger partial charge in [0.15, 0.2) is 6.10 Å². The Balaban J connectivity index is 1.01. The molecular weight excluding hydrogens is 478 g/mol. The van der Waals surface area contributed by atoms with E-state index in [9.17, 15) is 14.4 Å². The molecule has 0 bridgehead atoms. The third-order valence-corrected chi connectivity index (χ3v) is 7.56. The van der Waals surface area contributed by atoms with E-state index in [1.165, 1.54) is 0 Å². The molecule has 2 unspecified atom stereocenters. The number of fused-ring (bicyclic) bond motifs is 2. The van der Waals surface area contributed by atoms with Crippen LogP contribution in [-0.2, 0) is 9.53 Å². The molecule has 1 spiro atoms. The number of carbonyl (C=O) groups excluding carboxylic acids is 3. The summed E-state index contributed by atoms with van der Waals surface area (Å²) in [5, 5.41) is 13.3. The molecule has 192 valence electrons. The molecule has 3 amide bonds. The molecule has 3 aliphatic heterocycles. The zero-order chi connectivity index (χ0) is 25.6. The highest BCUT2D eigenvalue weighted by molar-refractivity contribution is 6.01. The first-order valence-corrected chi connectivity index (χ1v) is 12.4. The van der Waals surface area contributed by atoms with E-state index in [-0.39, 0.29) is 29.2 Å². The lowest BCUT2D eigenvalue weighted by atomic mass is 9.76. The number of likely N-dealkylation sites (tertiary alicyclic amines) is 1. The van der Waals surface area contributed by atoms with Crippen molar-refractivity contribution < 1.29 is 28.5 Å². The third kappa shape index (κ3) is 4.50. The summed E-state index contributed by atoms with van der Waals surface area (Å²) in [5.74, 6) is 0.0459. The average molecular weight is 506 g/mol. The predicted molar refractivity (Wildman–Crippen MR) is 131 cm³/mol. The van der Waals surface area contributed by atoms with Gasteiger partial charge >= 0.3 is 0 Å². The lowest BCUT2D eigenvalue weighted by molar-refractivity contribution is -0.122. The van der Waals surface area contributed by atoms with Crippen LogP contribution in [0.4, 0.5) is 5.69 Å². The molecular formula is C26H27N5O6. The molecule has 2 N–H and O–H groups in total. The van der Waals surface area contributed by atoms with Gasteiger partial charge in [0.25, 0.3) is 17.7 Å². The minimum absolute atomic E-state index is 0.0102. The Bertz CT molecular complexity index is 1380. The molecule has 6 rings (SSSR count). The number of amides is 3. The smallest absolute Gasteiger partial charge is 0.265 e. The molecule has 11 heteroatoms. The van der Waals surface area contributed by atoms with Gasteiger partial charge in [-0.25, -0.2) is 4.63 Å². The number of rotatable bonds is 4.